The molecule has 0 saturated carbocycles. The number of aliphatic hydroxyl groups is 1. The molecule has 0 aromatic carbocycles. The summed E-state index contributed by atoms with van der Waals surface area (Å²) in [5.74, 6) is 0. The highest BCUT2D eigenvalue weighted by atomic mass is 32.1. The van der Waals surface area contributed by atoms with Crippen molar-refractivity contribution < 1.29 is 5.11 Å². The van der Waals surface area contributed by atoms with Crippen LogP contribution in [0.2, 0.25) is 0 Å². The molecule has 0 unspecified atom stereocenters. The van der Waals surface area contributed by atoms with Crippen LogP contribution < -0.4 is 0 Å². The summed E-state index contributed by atoms with van der Waals surface area (Å²) in [6, 6.07) is 4.27. The van der Waals surface area contributed by atoms with Gasteiger partial charge in [-0.25, -0.2) is 0 Å². The third-order valence-corrected chi connectivity index (χ3v) is 3.06. The molecule has 14 heavy (non-hydrogen) atoms. The van der Waals surface area contributed by atoms with Gasteiger partial charge in [0, 0.05) is 18.0 Å². The van der Waals surface area contributed by atoms with Crippen LogP contribution >= 0.6 is 11.3 Å². The lowest BCUT2D eigenvalue weighted by Crippen LogP contribution is -2.18. The van der Waals surface area contributed by atoms with Gasteiger partial charge in [-0.1, -0.05) is 6.07 Å². The van der Waals surface area contributed by atoms with Crippen LogP contribution in [0.5, 0.6) is 0 Å². The van der Waals surface area contributed by atoms with Gasteiger partial charge in [0.05, 0.1) is 0 Å². The van der Waals surface area contributed by atoms with Gasteiger partial charge in [-0.3, -0.25) is 0 Å². The Balaban J connectivity index is 2.07. The first-order chi connectivity index (χ1) is 6.83. The molecule has 1 heterocycles. The Morgan fingerprint density at radius 1 is 1.36 bits per heavy atom. The molecule has 0 atom stereocenters. The molecule has 0 aliphatic carbocycles. The van der Waals surface area contributed by atoms with Gasteiger partial charge in [-0.2, -0.15) is 0 Å². The molecule has 1 aromatic heterocycles. The number of hydrogen-bond acceptors (Lipinski definition) is 3. The van der Waals surface area contributed by atoms with Crippen molar-refractivity contribution in [1.29, 1.82) is 0 Å². The van der Waals surface area contributed by atoms with Crippen LogP contribution in [-0.2, 0) is 6.54 Å². The van der Waals surface area contributed by atoms with Crippen molar-refractivity contribution in [2.45, 2.75) is 25.8 Å². The predicted octanol–water partition coefficient (Wildman–Crippen LogP) is 2.34. The average molecular weight is 213 g/mol. The van der Waals surface area contributed by atoms with E-state index >= 15 is 0 Å². The van der Waals surface area contributed by atoms with E-state index in [1.165, 1.54) is 11.3 Å². The highest BCUT2D eigenvalue weighted by Crippen LogP contribution is 2.11. The van der Waals surface area contributed by atoms with Crippen molar-refractivity contribution in [3.05, 3.63) is 22.4 Å². The first kappa shape index (κ1) is 11.7. The van der Waals surface area contributed by atoms with E-state index in [1.807, 2.05) is 11.3 Å². The minimum atomic E-state index is 0.328. The van der Waals surface area contributed by atoms with Crippen LogP contribution in [0.4, 0.5) is 0 Å². The fourth-order valence-electron chi connectivity index (χ4n) is 1.42. The summed E-state index contributed by atoms with van der Waals surface area (Å²) in [7, 11) is 2.15. The van der Waals surface area contributed by atoms with E-state index in [2.05, 4.69) is 29.5 Å². The second-order valence-electron chi connectivity index (χ2n) is 3.60. The van der Waals surface area contributed by atoms with Gasteiger partial charge >= 0.3 is 0 Å². The molecular weight excluding hydrogens is 194 g/mol. The number of thiophene rings is 1. The van der Waals surface area contributed by atoms with Gasteiger partial charge < -0.3 is 10.0 Å². The molecule has 0 aliphatic heterocycles. The van der Waals surface area contributed by atoms with E-state index in [-0.39, 0.29) is 0 Å². The van der Waals surface area contributed by atoms with Crippen LogP contribution in [0.1, 0.15) is 24.1 Å². The Labute approximate surface area is 90.2 Å². The zero-order valence-corrected chi connectivity index (χ0v) is 9.59. The van der Waals surface area contributed by atoms with Crippen molar-refractivity contribution in [1.82, 2.24) is 4.90 Å². The van der Waals surface area contributed by atoms with Crippen molar-refractivity contribution in [2.75, 3.05) is 20.2 Å². The number of nitrogens with zero attached hydrogens (tertiary/aromatic N) is 1. The molecule has 0 amide bonds. The van der Waals surface area contributed by atoms with E-state index < -0.39 is 0 Å². The van der Waals surface area contributed by atoms with E-state index in [0.29, 0.717) is 6.61 Å². The topological polar surface area (TPSA) is 23.5 Å². The Kier molecular flexibility index (Phi) is 5.83. The molecular formula is C11H19NOS. The number of rotatable bonds is 7. The molecule has 3 heteroatoms. The molecule has 0 aliphatic rings. The maximum absolute atomic E-state index is 8.63. The molecule has 80 valence electrons. The summed E-state index contributed by atoms with van der Waals surface area (Å²) >= 11 is 1.81. The molecule has 2 nitrogen and oxygen atoms in total. The largest absolute Gasteiger partial charge is 0.396 e. The Bertz CT molecular complexity index is 223. The quantitative estimate of drug-likeness (QED) is 0.703. The lowest BCUT2D eigenvalue weighted by atomic mass is 10.2. The van der Waals surface area contributed by atoms with Gasteiger partial charge in [-0.15, -0.1) is 11.3 Å². The fourth-order valence-corrected chi connectivity index (χ4v) is 2.20. The third kappa shape index (κ3) is 4.74. The summed E-state index contributed by atoms with van der Waals surface area (Å²) in [6.07, 6.45) is 3.25. The number of hydrogen-bond donors (Lipinski definition) is 1. The van der Waals surface area contributed by atoms with Crippen LogP contribution in [0.15, 0.2) is 17.5 Å². The van der Waals surface area contributed by atoms with Gasteiger partial charge in [0.2, 0.25) is 0 Å². The van der Waals surface area contributed by atoms with Crippen LogP contribution in [0, 0.1) is 0 Å². The molecule has 0 saturated heterocycles. The minimum absolute atomic E-state index is 0.328. The van der Waals surface area contributed by atoms with E-state index in [0.717, 1.165) is 25.9 Å². The highest BCUT2D eigenvalue weighted by molar-refractivity contribution is 7.09. The third-order valence-electron chi connectivity index (χ3n) is 2.20. The summed E-state index contributed by atoms with van der Waals surface area (Å²) in [6.45, 7) is 2.50. The van der Waals surface area contributed by atoms with Gasteiger partial charge in [0.25, 0.3) is 0 Å². The van der Waals surface area contributed by atoms with E-state index in [4.69, 9.17) is 5.11 Å². The van der Waals surface area contributed by atoms with Crippen molar-refractivity contribution in [3.8, 4) is 0 Å². The molecule has 0 radical (unpaired) electrons. The standard InChI is InChI=1S/C11H19NOS/c1-12(7-3-2-4-8-13)10-11-6-5-9-14-11/h5-6,9,13H,2-4,7-8,10H2,1H3. The zero-order valence-electron chi connectivity index (χ0n) is 8.78. The Morgan fingerprint density at radius 3 is 2.86 bits per heavy atom. The molecule has 0 bridgehead atoms. The molecule has 0 spiro atoms. The average Bonchev–Trinajstić information content (AvgIpc) is 2.65. The maximum Gasteiger partial charge on any atom is 0.0431 e. The highest BCUT2D eigenvalue weighted by Gasteiger charge is 2.00. The SMILES string of the molecule is CN(CCCCCO)Cc1cccs1. The van der Waals surface area contributed by atoms with Gasteiger partial charge in [-0.05, 0) is 44.3 Å². The van der Waals surface area contributed by atoms with Crippen LogP contribution in [0.3, 0.4) is 0 Å². The monoisotopic (exact) mass is 213 g/mol. The summed E-state index contributed by atoms with van der Waals surface area (Å²) in [5, 5.41) is 10.7. The zero-order chi connectivity index (χ0) is 10.2. The minimum Gasteiger partial charge on any atom is -0.396 e. The molecule has 1 aromatic rings. The maximum atomic E-state index is 8.63. The molecule has 1 rings (SSSR count). The number of aliphatic hydroxyl groups excluding tert-OH is 1. The number of unbranched alkanes of at least 4 members (excludes halogenated alkanes) is 2. The first-order valence-electron chi connectivity index (χ1n) is 5.14. The van der Waals surface area contributed by atoms with Crippen molar-refractivity contribution in [3.63, 3.8) is 0 Å². The van der Waals surface area contributed by atoms with Crippen molar-refractivity contribution >= 4 is 11.3 Å². The van der Waals surface area contributed by atoms with E-state index in [1.54, 1.807) is 0 Å². The Hall–Kier alpha value is -0.380. The normalized spacial score (nSPS) is 11.1. The molecule has 1 N–H and O–H groups in total. The summed E-state index contributed by atoms with van der Waals surface area (Å²) in [4.78, 5) is 3.76. The molecule has 0 fully saturated rings. The van der Waals surface area contributed by atoms with Gasteiger partial charge in [0.15, 0.2) is 0 Å². The summed E-state index contributed by atoms with van der Waals surface area (Å²) < 4.78 is 0. The Morgan fingerprint density at radius 2 is 2.21 bits per heavy atom. The van der Waals surface area contributed by atoms with E-state index in [9.17, 15) is 0 Å². The van der Waals surface area contributed by atoms with Crippen molar-refractivity contribution in [2.24, 2.45) is 0 Å². The summed E-state index contributed by atoms with van der Waals surface area (Å²) in [5.41, 5.74) is 0. The van der Waals surface area contributed by atoms with Crippen LogP contribution in [0.25, 0.3) is 0 Å². The van der Waals surface area contributed by atoms with Gasteiger partial charge in [0.1, 0.15) is 0 Å². The lowest BCUT2D eigenvalue weighted by Gasteiger charge is -2.14. The fraction of sp³-hybridized carbons (Fsp3) is 0.636. The second kappa shape index (κ2) is 6.98. The second-order valence-corrected chi connectivity index (χ2v) is 4.63. The van der Waals surface area contributed by atoms with Crippen LogP contribution in [-0.4, -0.2) is 30.2 Å². The first-order valence-corrected chi connectivity index (χ1v) is 6.02. The smallest absolute Gasteiger partial charge is 0.0431 e. The predicted molar refractivity (Wildman–Crippen MR) is 61.6 cm³/mol. The lowest BCUT2D eigenvalue weighted by molar-refractivity contribution is 0.271.